The lowest BCUT2D eigenvalue weighted by atomic mass is 9.94. The number of rotatable bonds is 5. The predicted octanol–water partition coefficient (Wildman–Crippen LogP) is 1.76. The molecule has 0 heterocycles. The molecule has 0 aliphatic heterocycles. The van der Waals surface area contributed by atoms with E-state index < -0.39 is 17.9 Å². The number of carbonyl (C=O) groups is 2. The summed E-state index contributed by atoms with van der Waals surface area (Å²) in [5.74, 6) is -2.85. The summed E-state index contributed by atoms with van der Waals surface area (Å²) in [5.41, 5.74) is 0.606. The third kappa shape index (κ3) is 4.64. The van der Waals surface area contributed by atoms with E-state index in [0.717, 1.165) is 0 Å². The number of allylic oxidation sites excluding steroid dienone is 1. The van der Waals surface area contributed by atoms with Crippen molar-refractivity contribution in [2.45, 2.75) is 27.2 Å². The molecule has 4 heteroatoms. The van der Waals surface area contributed by atoms with Crippen LogP contribution in [0.15, 0.2) is 11.6 Å². The fraction of sp³-hybridized carbons (Fsp3) is 0.600. The molecule has 1 atom stereocenters. The molecule has 0 aliphatic rings. The lowest BCUT2D eigenvalue weighted by Gasteiger charge is -2.11. The smallest absolute Gasteiger partial charge is 0.311 e. The van der Waals surface area contributed by atoms with E-state index in [0.29, 0.717) is 5.57 Å². The first-order chi connectivity index (χ1) is 6.34. The van der Waals surface area contributed by atoms with Gasteiger partial charge in [0.2, 0.25) is 0 Å². The summed E-state index contributed by atoms with van der Waals surface area (Å²) in [7, 11) is 0. The Morgan fingerprint density at radius 2 is 1.79 bits per heavy atom. The topological polar surface area (TPSA) is 74.6 Å². The minimum Gasteiger partial charge on any atom is -0.481 e. The zero-order valence-electron chi connectivity index (χ0n) is 8.65. The van der Waals surface area contributed by atoms with Gasteiger partial charge in [-0.25, -0.2) is 0 Å². The van der Waals surface area contributed by atoms with Gasteiger partial charge in [0.15, 0.2) is 0 Å². The second-order valence-corrected chi connectivity index (χ2v) is 3.64. The second kappa shape index (κ2) is 5.42. The van der Waals surface area contributed by atoms with Crippen molar-refractivity contribution < 1.29 is 19.8 Å². The highest BCUT2D eigenvalue weighted by Crippen LogP contribution is 2.17. The zero-order valence-corrected chi connectivity index (χ0v) is 8.65. The lowest BCUT2D eigenvalue weighted by molar-refractivity contribution is -0.146. The summed E-state index contributed by atoms with van der Waals surface area (Å²) in [6.45, 7) is 5.49. The lowest BCUT2D eigenvalue weighted by Crippen LogP contribution is -2.19. The van der Waals surface area contributed by atoms with Crippen LogP contribution in [-0.2, 0) is 9.59 Å². The van der Waals surface area contributed by atoms with Gasteiger partial charge in [-0.05, 0) is 12.8 Å². The molecular weight excluding hydrogens is 184 g/mol. The molecule has 0 amide bonds. The fourth-order valence-corrected chi connectivity index (χ4v) is 1.26. The number of hydrogen-bond donors (Lipinski definition) is 2. The molecule has 0 aromatic carbocycles. The number of carboxylic acid groups (broad SMARTS) is 2. The summed E-state index contributed by atoms with van der Waals surface area (Å²) >= 11 is 0. The molecule has 0 saturated carbocycles. The van der Waals surface area contributed by atoms with Gasteiger partial charge >= 0.3 is 11.9 Å². The molecular formula is C10H16O4. The van der Waals surface area contributed by atoms with Crippen LogP contribution >= 0.6 is 0 Å². The fourth-order valence-electron chi connectivity index (χ4n) is 1.26. The summed E-state index contributed by atoms with van der Waals surface area (Å²) in [6, 6.07) is 0. The normalized spacial score (nSPS) is 14.1. The maximum absolute atomic E-state index is 10.8. The molecule has 14 heavy (non-hydrogen) atoms. The van der Waals surface area contributed by atoms with Crippen LogP contribution in [0.25, 0.3) is 0 Å². The van der Waals surface area contributed by atoms with Crippen molar-refractivity contribution >= 4 is 11.9 Å². The quantitative estimate of drug-likeness (QED) is 0.663. The summed E-state index contributed by atoms with van der Waals surface area (Å²) < 4.78 is 0. The van der Waals surface area contributed by atoms with Gasteiger partial charge in [0, 0.05) is 0 Å². The maximum atomic E-state index is 10.8. The van der Waals surface area contributed by atoms with Crippen LogP contribution in [0.1, 0.15) is 27.2 Å². The van der Waals surface area contributed by atoms with Gasteiger partial charge < -0.3 is 10.2 Å². The molecule has 0 rings (SSSR count). The van der Waals surface area contributed by atoms with Gasteiger partial charge in [-0.2, -0.15) is 0 Å². The van der Waals surface area contributed by atoms with Crippen molar-refractivity contribution in [1.29, 1.82) is 0 Å². The highest BCUT2D eigenvalue weighted by molar-refractivity contribution is 5.80. The van der Waals surface area contributed by atoms with Crippen molar-refractivity contribution in [3.8, 4) is 0 Å². The second-order valence-electron chi connectivity index (χ2n) is 3.64. The van der Waals surface area contributed by atoms with Gasteiger partial charge in [-0.3, -0.25) is 9.59 Å². The van der Waals surface area contributed by atoms with Crippen molar-refractivity contribution in [3.05, 3.63) is 11.6 Å². The average Bonchev–Trinajstić information content (AvgIpc) is 1.97. The number of hydrogen-bond acceptors (Lipinski definition) is 2. The molecule has 0 aliphatic carbocycles. The van der Waals surface area contributed by atoms with Crippen molar-refractivity contribution in [2.75, 3.05) is 0 Å². The van der Waals surface area contributed by atoms with E-state index in [1.807, 2.05) is 13.8 Å². The first-order valence-corrected chi connectivity index (χ1v) is 4.47. The molecule has 0 saturated heterocycles. The van der Waals surface area contributed by atoms with Crippen LogP contribution in [0.5, 0.6) is 0 Å². The van der Waals surface area contributed by atoms with E-state index in [9.17, 15) is 9.59 Å². The van der Waals surface area contributed by atoms with E-state index >= 15 is 0 Å². The molecule has 0 spiro atoms. The summed E-state index contributed by atoms with van der Waals surface area (Å²) in [5, 5.41) is 17.3. The molecule has 80 valence electrons. The molecule has 0 aromatic rings. The Morgan fingerprint density at radius 3 is 2.07 bits per heavy atom. The maximum Gasteiger partial charge on any atom is 0.311 e. The van der Waals surface area contributed by atoms with Gasteiger partial charge in [-0.15, -0.1) is 0 Å². The summed E-state index contributed by atoms with van der Waals surface area (Å²) in [6.07, 6.45) is 1.42. The predicted molar refractivity (Wildman–Crippen MR) is 52.0 cm³/mol. The number of aliphatic carboxylic acids is 2. The molecule has 0 bridgehead atoms. The standard InChI is InChI=1S/C10H16O4/c1-6(2)4-7(3)8(10(13)14)5-9(11)12/h4,6,8H,5H2,1-3H3,(H,11,12)(H,13,14). The number of carboxylic acids is 2. The van der Waals surface area contributed by atoms with Crippen LogP contribution in [0.4, 0.5) is 0 Å². The van der Waals surface area contributed by atoms with Gasteiger partial charge in [0.05, 0.1) is 12.3 Å². The Morgan fingerprint density at radius 1 is 1.29 bits per heavy atom. The monoisotopic (exact) mass is 200 g/mol. The molecule has 0 fully saturated rings. The Hall–Kier alpha value is -1.32. The van der Waals surface area contributed by atoms with Crippen molar-refractivity contribution in [1.82, 2.24) is 0 Å². The SMILES string of the molecule is CC(=CC(C)C)C(CC(=O)O)C(=O)O. The molecule has 2 N–H and O–H groups in total. The Bertz CT molecular complexity index is 253. The van der Waals surface area contributed by atoms with Crippen LogP contribution in [0.3, 0.4) is 0 Å². The van der Waals surface area contributed by atoms with Crippen molar-refractivity contribution in [2.24, 2.45) is 11.8 Å². The first-order valence-electron chi connectivity index (χ1n) is 4.47. The van der Waals surface area contributed by atoms with Crippen LogP contribution in [-0.4, -0.2) is 22.2 Å². The summed E-state index contributed by atoms with van der Waals surface area (Å²) in [4.78, 5) is 21.2. The van der Waals surface area contributed by atoms with Gasteiger partial charge in [0.1, 0.15) is 0 Å². The zero-order chi connectivity index (χ0) is 11.3. The molecule has 0 radical (unpaired) electrons. The van der Waals surface area contributed by atoms with Crippen LogP contribution < -0.4 is 0 Å². The van der Waals surface area contributed by atoms with Crippen LogP contribution in [0.2, 0.25) is 0 Å². The van der Waals surface area contributed by atoms with Gasteiger partial charge in [0.25, 0.3) is 0 Å². The van der Waals surface area contributed by atoms with E-state index in [1.54, 1.807) is 13.0 Å². The van der Waals surface area contributed by atoms with E-state index in [1.165, 1.54) is 0 Å². The minimum atomic E-state index is -1.09. The van der Waals surface area contributed by atoms with Crippen LogP contribution in [0, 0.1) is 11.8 Å². The largest absolute Gasteiger partial charge is 0.481 e. The molecule has 1 unspecified atom stereocenters. The Balaban J connectivity index is 4.65. The Kier molecular flexibility index (Phi) is 4.91. The average molecular weight is 200 g/mol. The minimum absolute atomic E-state index is 0.227. The van der Waals surface area contributed by atoms with Gasteiger partial charge in [-0.1, -0.05) is 25.5 Å². The third-order valence-electron chi connectivity index (χ3n) is 1.82. The van der Waals surface area contributed by atoms with Crippen molar-refractivity contribution in [3.63, 3.8) is 0 Å². The Labute approximate surface area is 83.2 Å². The van der Waals surface area contributed by atoms with E-state index in [2.05, 4.69) is 0 Å². The molecule has 0 aromatic heterocycles. The first kappa shape index (κ1) is 12.7. The van der Waals surface area contributed by atoms with E-state index in [4.69, 9.17) is 10.2 Å². The highest BCUT2D eigenvalue weighted by atomic mass is 16.4. The highest BCUT2D eigenvalue weighted by Gasteiger charge is 2.22. The third-order valence-corrected chi connectivity index (χ3v) is 1.82. The van der Waals surface area contributed by atoms with E-state index in [-0.39, 0.29) is 12.3 Å². The molecule has 4 nitrogen and oxygen atoms in total.